The molecular formula is C20H31N7O4S. The van der Waals surface area contributed by atoms with Gasteiger partial charge in [0, 0.05) is 6.07 Å². The van der Waals surface area contributed by atoms with Crippen molar-refractivity contribution in [1.82, 2.24) is 20.1 Å². The number of urea groups is 1. The van der Waals surface area contributed by atoms with Crippen LogP contribution >= 0.6 is 0 Å². The quantitative estimate of drug-likeness (QED) is 0.594. The van der Waals surface area contributed by atoms with Crippen LogP contribution in [0.25, 0.3) is 0 Å². The van der Waals surface area contributed by atoms with Gasteiger partial charge in [0.1, 0.15) is 11.5 Å². The number of hydrogen-bond donors (Lipinski definition) is 3. The van der Waals surface area contributed by atoms with E-state index in [2.05, 4.69) is 25.1 Å². The maximum Gasteiger partial charge on any atom is 0.354 e. The number of hydrogen-bond acceptors (Lipinski definition) is 7. The SMILES string of the molecule is CN[C@H]1COc2c(S(N)(=O)=NC(=O)Nc3c(C(C)C)cc(OC)nc3C(C)C)cnn2C1. The lowest BCUT2D eigenvalue weighted by molar-refractivity contribution is 0.184. The highest BCUT2D eigenvalue weighted by atomic mass is 32.2. The molecule has 32 heavy (non-hydrogen) atoms. The molecule has 0 saturated heterocycles. The lowest BCUT2D eigenvalue weighted by Crippen LogP contribution is -2.40. The van der Waals surface area contributed by atoms with Crippen molar-refractivity contribution in [2.24, 2.45) is 9.50 Å². The molecule has 0 radical (unpaired) electrons. The monoisotopic (exact) mass is 465 g/mol. The van der Waals surface area contributed by atoms with Gasteiger partial charge in [-0.25, -0.2) is 23.8 Å². The molecule has 3 heterocycles. The zero-order chi connectivity index (χ0) is 23.6. The summed E-state index contributed by atoms with van der Waals surface area (Å²) in [6.45, 7) is 8.79. The Bertz CT molecular complexity index is 1090. The van der Waals surface area contributed by atoms with E-state index in [0.29, 0.717) is 30.4 Å². The van der Waals surface area contributed by atoms with Crippen molar-refractivity contribution in [3.63, 3.8) is 0 Å². The molecule has 0 spiro atoms. The second-order valence-electron chi connectivity index (χ2n) is 8.21. The molecule has 12 heteroatoms. The number of nitrogens with zero attached hydrogens (tertiary/aromatic N) is 4. The van der Waals surface area contributed by atoms with Crippen LogP contribution in [0.2, 0.25) is 0 Å². The topological polar surface area (TPSA) is 146 Å². The molecule has 2 aromatic rings. The highest BCUT2D eigenvalue weighted by Crippen LogP contribution is 2.34. The number of likely N-dealkylation sites (N-methyl/N-ethyl adjacent to an activating group) is 1. The molecule has 0 fully saturated rings. The van der Waals surface area contributed by atoms with E-state index in [1.807, 2.05) is 34.7 Å². The molecule has 0 aromatic carbocycles. The van der Waals surface area contributed by atoms with Crippen molar-refractivity contribution in [3.8, 4) is 11.8 Å². The van der Waals surface area contributed by atoms with Crippen molar-refractivity contribution in [3.05, 3.63) is 23.5 Å². The van der Waals surface area contributed by atoms with Gasteiger partial charge in [-0.15, -0.1) is 4.36 Å². The summed E-state index contributed by atoms with van der Waals surface area (Å²) in [6.07, 6.45) is 1.33. The van der Waals surface area contributed by atoms with Crippen molar-refractivity contribution >= 4 is 21.6 Å². The molecular weight excluding hydrogens is 434 g/mol. The number of carbonyl (C=O) groups excluding carboxylic acids is 1. The minimum absolute atomic E-state index is 0.00338. The van der Waals surface area contributed by atoms with Gasteiger partial charge in [-0.2, -0.15) is 5.10 Å². The summed E-state index contributed by atoms with van der Waals surface area (Å²) in [7, 11) is -0.230. The largest absolute Gasteiger partial charge is 0.481 e. The van der Waals surface area contributed by atoms with Crippen LogP contribution in [0.3, 0.4) is 0 Å². The predicted molar refractivity (Wildman–Crippen MR) is 122 cm³/mol. The fourth-order valence-electron chi connectivity index (χ4n) is 3.42. The van der Waals surface area contributed by atoms with Gasteiger partial charge in [-0.3, -0.25) is 0 Å². The Morgan fingerprint density at radius 3 is 2.69 bits per heavy atom. The normalized spacial score (nSPS) is 17.5. The summed E-state index contributed by atoms with van der Waals surface area (Å²) in [5, 5.41) is 16.0. The average molecular weight is 466 g/mol. The Kier molecular flexibility index (Phi) is 7.06. The van der Waals surface area contributed by atoms with Crippen LogP contribution in [0.1, 0.15) is 50.8 Å². The fraction of sp³-hybridized carbons (Fsp3) is 0.550. The number of rotatable bonds is 6. The minimum Gasteiger partial charge on any atom is -0.481 e. The standard InChI is InChI=1S/C20H31N7O4S/c1-11(2)14-7-16(30-6)24-17(12(3)4)18(14)25-20(28)26-32(21,29)15-8-23-27-9-13(22-5)10-31-19(15)27/h7-8,11-13,22H,9-10H2,1-6H3,(H3,21,25,26,28,29)/t13-,32?/m1/s1. The summed E-state index contributed by atoms with van der Waals surface area (Å²) in [5.41, 5.74) is 1.99. The van der Waals surface area contributed by atoms with Crippen molar-refractivity contribution in [2.45, 2.75) is 57.0 Å². The van der Waals surface area contributed by atoms with Gasteiger partial charge in [0.25, 0.3) is 0 Å². The number of ether oxygens (including phenoxy) is 2. The van der Waals surface area contributed by atoms with Crippen molar-refractivity contribution in [2.75, 3.05) is 26.1 Å². The van der Waals surface area contributed by atoms with E-state index in [1.165, 1.54) is 6.20 Å². The molecule has 1 aliphatic heterocycles. The lowest BCUT2D eigenvalue weighted by Gasteiger charge is -2.24. The smallest absolute Gasteiger partial charge is 0.354 e. The molecule has 0 bridgehead atoms. The second-order valence-corrected chi connectivity index (χ2v) is 9.97. The van der Waals surface area contributed by atoms with Gasteiger partial charge in [0.15, 0.2) is 9.92 Å². The number of nitrogens with one attached hydrogen (secondary N) is 2. The van der Waals surface area contributed by atoms with Gasteiger partial charge >= 0.3 is 6.03 Å². The van der Waals surface area contributed by atoms with Crippen LogP contribution in [0.4, 0.5) is 10.5 Å². The van der Waals surface area contributed by atoms with Crippen LogP contribution < -0.4 is 25.2 Å². The lowest BCUT2D eigenvalue weighted by atomic mass is 9.97. The Balaban J connectivity index is 1.96. The summed E-state index contributed by atoms with van der Waals surface area (Å²) in [6, 6.07) is 0.999. The van der Waals surface area contributed by atoms with E-state index in [4.69, 9.17) is 14.6 Å². The van der Waals surface area contributed by atoms with E-state index in [0.717, 1.165) is 5.56 Å². The van der Waals surface area contributed by atoms with Crippen LogP contribution in [0, 0.1) is 0 Å². The molecule has 0 aliphatic carbocycles. The van der Waals surface area contributed by atoms with E-state index in [-0.39, 0.29) is 28.7 Å². The van der Waals surface area contributed by atoms with Crippen molar-refractivity contribution < 1.29 is 18.5 Å². The Morgan fingerprint density at radius 1 is 1.38 bits per heavy atom. The van der Waals surface area contributed by atoms with Gasteiger partial charge in [-0.1, -0.05) is 27.7 Å². The third-order valence-electron chi connectivity index (χ3n) is 5.18. The molecule has 176 valence electrons. The van der Waals surface area contributed by atoms with Gasteiger partial charge in [0.05, 0.1) is 37.3 Å². The third kappa shape index (κ3) is 4.87. The summed E-state index contributed by atoms with van der Waals surface area (Å²) >= 11 is 0. The van der Waals surface area contributed by atoms with Crippen molar-refractivity contribution in [1.29, 1.82) is 0 Å². The van der Waals surface area contributed by atoms with Crippen LogP contribution in [0.15, 0.2) is 21.5 Å². The third-order valence-corrected chi connectivity index (χ3v) is 6.53. The predicted octanol–water partition coefficient (Wildman–Crippen LogP) is 2.45. The van der Waals surface area contributed by atoms with E-state index < -0.39 is 15.9 Å². The molecule has 1 aliphatic rings. The summed E-state index contributed by atoms with van der Waals surface area (Å²) < 4.78 is 29.5. The minimum atomic E-state index is -3.59. The fourth-order valence-corrected chi connectivity index (χ4v) is 4.43. The first-order valence-corrected chi connectivity index (χ1v) is 12.0. The Morgan fingerprint density at radius 2 is 2.09 bits per heavy atom. The molecule has 3 rings (SSSR count). The number of methoxy groups -OCH3 is 1. The van der Waals surface area contributed by atoms with Crippen LogP contribution in [-0.4, -0.2) is 51.8 Å². The first kappa shape index (κ1) is 24.0. The Labute approximate surface area is 188 Å². The maximum absolute atomic E-state index is 13.2. The van der Waals surface area contributed by atoms with E-state index in [9.17, 15) is 9.00 Å². The van der Waals surface area contributed by atoms with E-state index >= 15 is 0 Å². The number of aromatic nitrogens is 3. The molecule has 2 aromatic heterocycles. The molecule has 2 amide bonds. The van der Waals surface area contributed by atoms with Crippen LogP contribution in [0.5, 0.6) is 11.8 Å². The highest BCUT2D eigenvalue weighted by molar-refractivity contribution is 7.91. The van der Waals surface area contributed by atoms with Crippen LogP contribution in [-0.2, 0) is 16.5 Å². The second kappa shape index (κ2) is 9.43. The summed E-state index contributed by atoms with van der Waals surface area (Å²) in [4.78, 5) is 17.4. The van der Waals surface area contributed by atoms with E-state index in [1.54, 1.807) is 17.9 Å². The zero-order valence-corrected chi connectivity index (χ0v) is 20.0. The molecule has 1 unspecified atom stereocenters. The van der Waals surface area contributed by atoms with Gasteiger partial charge < -0.3 is 20.1 Å². The average Bonchev–Trinajstić information content (AvgIpc) is 3.17. The molecule has 4 N–H and O–H groups in total. The highest BCUT2D eigenvalue weighted by Gasteiger charge is 2.28. The number of pyridine rings is 1. The number of nitrogens with two attached hydrogens (primary N) is 1. The Hall–Kier alpha value is -2.70. The molecule has 11 nitrogen and oxygen atoms in total. The number of amides is 2. The number of carbonyl (C=O) groups is 1. The van der Waals surface area contributed by atoms with Gasteiger partial charge in [-0.05, 0) is 24.4 Å². The first-order chi connectivity index (χ1) is 15.1. The summed E-state index contributed by atoms with van der Waals surface area (Å²) in [5.74, 6) is 0.783. The number of anilines is 1. The first-order valence-electron chi connectivity index (χ1n) is 10.4. The number of fused-ring (bicyclic) bond motifs is 1. The van der Waals surface area contributed by atoms with Gasteiger partial charge in [0.2, 0.25) is 11.8 Å². The zero-order valence-electron chi connectivity index (χ0n) is 19.2. The molecule has 0 saturated carbocycles. The molecule has 2 atom stereocenters. The maximum atomic E-state index is 13.2.